The molecule has 0 aliphatic rings. The van der Waals surface area contributed by atoms with E-state index in [0.29, 0.717) is 0 Å². The predicted molar refractivity (Wildman–Crippen MR) is 44.3 cm³/mol. The summed E-state index contributed by atoms with van der Waals surface area (Å²) >= 11 is 0. The van der Waals surface area contributed by atoms with Crippen LogP contribution >= 0.6 is 0 Å². The Labute approximate surface area is 102 Å². The summed E-state index contributed by atoms with van der Waals surface area (Å²) in [5, 5.41) is 53.5. The molecule has 0 rings (SSSR count). The first-order chi connectivity index (χ1) is 6.95. The van der Waals surface area contributed by atoms with E-state index < -0.39 is 37.3 Å². The fourth-order valence-corrected chi connectivity index (χ4v) is 0.844. The van der Waals surface area contributed by atoms with Crippen LogP contribution in [0.5, 0.6) is 0 Å². The van der Waals surface area contributed by atoms with Crippen LogP contribution in [0.4, 0.5) is 0 Å². The number of aliphatic hydroxyl groups is 6. The predicted octanol–water partition coefficient (Wildman–Crippen LogP) is -4.09. The van der Waals surface area contributed by atoms with Gasteiger partial charge in [0, 0.05) is 17.1 Å². The monoisotopic (exact) mass is 289 g/mol. The third-order valence-electron chi connectivity index (χ3n) is 1.77. The van der Waals surface area contributed by atoms with Crippen LogP contribution in [0.25, 0.3) is 0 Å². The molecule has 0 heterocycles. The second-order valence-electron chi connectivity index (χ2n) is 2.84. The van der Waals surface area contributed by atoms with Gasteiger partial charge in [0.2, 0.25) is 6.29 Å². The van der Waals surface area contributed by atoms with Gasteiger partial charge in [-0.1, -0.05) is 0 Å². The van der Waals surface area contributed by atoms with Crippen LogP contribution in [0, 0.1) is 0 Å². The quantitative estimate of drug-likeness (QED) is 0.157. The Balaban J connectivity index is 0. The number of ether oxygens (including phenoxy) is 1. The van der Waals surface area contributed by atoms with E-state index in [0.717, 1.165) is 0 Å². The van der Waals surface area contributed by atoms with Crippen molar-refractivity contribution in [1.29, 1.82) is 0 Å². The fraction of sp³-hybridized carbons (Fsp3) is 0.857. The minimum Gasteiger partial charge on any atom is -0.435 e. The fourth-order valence-electron chi connectivity index (χ4n) is 0.844. The van der Waals surface area contributed by atoms with E-state index in [1.807, 2.05) is 0 Å². The topological polar surface area (TPSA) is 148 Å². The third kappa shape index (κ3) is 5.19. The van der Waals surface area contributed by atoms with Crippen molar-refractivity contribution in [1.82, 2.24) is 0 Å². The molecule has 0 fully saturated rings. The molecule has 16 heavy (non-hydrogen) atoms. The van der Waals surface area contributed by atoms with Crippen molar-refractivity contribution in [2.24, 2.45) is 0 Å². The first-order valence-corrected chi connectivity index (χ1v) is 4.06. The minimum atomic E-state index is -2.03. The van der Waals surface area contributed by atoms with Gasteiger partial charge in [0.1, 0.15) is 24.4 Å². The van der Waals surface area contributed by atoms with Gasteiger partial charge in [-0.25, -0.2) is 0 Å². The molecule has 0 aromatic carbocycles. The van der Waals surface area contributed by atoms with Gasteiger partial charge >= 0.3 is 0 Å². The average Bonchev–Trinajstić information content (AvgIpc) is 2.25. The largest absolute Gasteiger partial charge is 0.435 e. The van der Waals surface area contributed by atoms with E-state index in [1.54, 1.807) is 0 Å². The molecule has 8 nitrogen and oxygen atoms in total. The molecular formula is C7H14CuO8. The smallest absolute Gasteiger partial charge is 0.295 e. The molecule has 0 amide bonds. The Bertz CT molecular complexity index is 191. The molecule has 9 heteroatoms. The van der Waals surface area contributed by atoms with Gasteiger partial charge in [0.15, 0.2) is 0 Å². The van der Waals surface area contributed by atoms with Crippen molar-refractivity contribution in [3.63, 3.8) is 0 Å². The molecule has 101 valence electrons. The van der Waals surface area contributed by atoms with Gasteiger partial charge in [0.25, 0.3) is 6.47 Å². The standard InChI is InChI=1S/C7H14O8.Cu/c8-1-3(10)4(11)5(12)6(13)7(14)15-2-9;/h2-8,10-14H,1H2;/t3-,4-,5+,6-,7?;/m1./s1. The Morgan fingerprint density at radius 1 is 1.00 bits per heavy atom. The van der Waals surface area contributed by atoms with E-state index in [2.05, 4.69) is 4.74 Å². The van der Waals surface area contributed by atoms with E-state index in [1.165, 1.54) is 0 Å². The first-order valence-electron chi connectivity index (χ1n) is 4.06. The number of rotatable bonds is 7. The molecule has 0 saturated heterocycles. The molecule has 0 spiro atoms. The summed E-state index contributed by atoms with van der Waals surface area (Å²) in [7, 11) is 0. The molecular weight excluding hydrogens is 276 g/mol. The van der Waals surface area contributed by atoms with E-state index in [4.69, 9.17) is 30.6 Å². The maximum atomic E-state index is 9.78. The molecule has 1 unspecified atom stereocenters. The van der Waals surface area contributed by atoms with Crippen LogP contribution in [0.1, 0.15) is 0 Å². The second-order valence-corrected chi connectivity index (χ2v) is 2.84. The molecule has 0 aromatic heterocycles. The SMILES string of the molecule is O=COC(O)[C@H](O)[C@@H](O)[C@H](O)[C@H](O)CO.[Cu]. The van der Waals surface area contributed by atoms with Crippen LogP contribution in [-0.2, 0) is 26.6 Å². The molecule has 6 N–H and O–H groups in total. The summed E-state index contributed by atoms with van der Waals surface area (Å²) in [6, 6.07) is 0. The van der Waals surface area contributed by atoms with Gasteiger partial charge in [-0.15, -0.1) is 0 Å². The zero-order valence-corrected chi connectivity index (χ0v) is 8.91. The van der Waals surface area contributed by atoms with E-state index >= 15 is 0 Å². The van der Waals surface area contributed by atoms with Crippen molar-refractivity contribution >= 4 is 6.47 Å². The minimum absolute atomic E-state index is 0. The summed E-state index contributed by atoms with van der Waals surface area (Å²) in [6.45, 7) is -0.995. The van der Waals surface area contributed by atoms with Crippen LogP contribution in [0.2, 0.25) is 0 Å². The summed E-state index contributed by atoms with van der Waals surface area (Å²) < 4.78 is 3.90. The maximum Gasteiger partial charge on any atom is 0.295 e. The molecule has 0 bridgehead atoms. The molecule has 5 atom stereocenters. The van der Waals surface area contributed by atoms with Crippen LogP contribution in [-0.4, -0.2) is 74.4 Å². The molecule has 0 aliphatic heterocycles. The molecule has 0 aromatic rings. The Kier molecular flexibility index (Phi) is 10.0. The maximum absolute atomic E-state index is 9.78. The molecule has 1 radical (unpaired) electrons. The summed E-state index contributed by atoms with van der Waals surface area (Å²) in [6.07, 6.45) is -9.56. The van der Waals surface area contributed by atoms with Gasteiger partial charge in [0.05, 0.1) is 6.61 Å². The number of aliphatic hydroxyl groups excluding tert-OH is 6. The van der Waals surface area contributed by atoms with Crippen molar-refractivity contribution < 1.29 is 57.2 Å². The number of hydrogen-bond donors (Lipinski definition) is 6. The Hall–Kier alpha value is -0.251. The number of hydrogen-bond acceptors (Lipinski definition) is 8. The van der Waals surface area contributed by atoms with Crippen LogP contribution in [0.3, 0.4) is 0 Å². The van der Waals surface area contributed by atoms with E-state index in [-0.39, 0.29) is 23.5 Å². The van der Waals surface area contributed by atoms with Crippen molar-refractivity contribution in [2.45, 2.75) is 30.7 Å². The van der Waals surface area contributed by atoms with Gasteiger partial charge in [-0.3, -0.25) is 4.79 Å². The van der Waals surface area contributed by atoms with Gasteiger partial charge in [-0.05, 0) is 0 Å². The van der Waals surface area contributed by atoms with Crippen LogP contribution in [0.15, 0.2) is 0 Å². The molecule has 0 saturated carbocycles. The van der Waals surface area contributed by atoms with Crippen LogP contribution < -0.4 is 0 Å². The average molecular weight is 290 g/mol. The molecule has 0 aliphatic carbocycles. The summed E-state index contributed by atoms with van der Waals surface area (Å²) in [5.74, 6) is 0. The van der Waals surface area contributed by atoms with Crippen molar-refractivity contribution in [3.8, 4) is 0 Å². The third-order valence-corrected chi connectivity index (χ3v) is 1.77. The second kappa shape index (κ2) is 8.85. The Morgan fingerprint density at radius 2 is 1.50 bits per heavy atom. The first kappa shape index (κ1) is 18.1. The zero-order valence-electron chi connectivity index (χ0n) is 7.97. The van der Waals surface area contributed by atoms with E-state index in [9.17, 15) is 4.79 Å². The zero-order chi connectivity index (χ0) is 12.0. The summed E-state index contributed by atoms with van der Waals surface area (Å²) in [5.41, 5.74) is 0. The summed E-state index contributed by atoms with van der Waals surface area (Å²) in [4.78, 5) is 9.78. The normalized spacial score (nSPS) is 19.9. The number of carbonyl (C=O) groups is 1. The number of carbonyl (C=O) groups excluding carboxylic acids is 1. The van der Waals surface area contributed by atoms with Crippen molar-refractivity contribution in [2.75, 3.05) is 6.61 Å². The Morgan fingerprint density at radius 3 is 1.88 bits per heavy atom. The van der Waals surface area contributed by atoms with Gasteiger partial charge < -0.3 is 35.4 Å². The van der Waals surface area contributed by atoms with Gasteiger partial charge in [-0.2, -0.15) is 0 Å². The van der Waals surface area contributed by atoms with Crippen molar-refractivity contribution in [3.05, 3.63) is 0 Å².